The number of hydrogen-bond acceptors (Lipinski definition) is 3. The van der Waals surface area contributed by atoms with Gasteiger partial charge in [0, 0.05) is 13.2 Å². The molecule has 0 aromatic heterocycles. The standard InChI is InChI=1S/C17H27N3O2.HI/c1-3-18-17(20-13-16-5-4-11-21-16)19-10-12-22-15-8-6-14(2)7-9-15;/h6-9,16H,3-5,10-13H2,1-2H3,(H2,18,19,20);1H. The second kappa shape index (κ2) is 11.5. The van der Waals surface area contributed by atoms with Gasteiger partial charge >= 0.3 is 0 Å². The fraction of sp³-hybridized carbons (Fsp3) is 0.588. The second-order valence-corrected chi connectivity index (χ2v) is 5.44. The maximum atomic E-state index is 5.70. The lowest BCUT2D eigenvalue weighted by Crippen LogP contribution is -2.39. The van der Waals surface area contributed by atoms with Gasteiger partial charge in [-0.1, -0.05) is 17.7 Å². The number of guanidine groups is 1. The summed E-state index contributed by atoms with van der Waals surface area (Å²) in [5.41, 5.74) is 1.24. The zero-order valence-electron chi connectivity index (χ0n) is 14.0. The third-order valence-electron chi connectivity index (χ3n) is 3.51. The number of nitrogens with zero attached hydrogens (tertiary/aromatic N) is 1. The van der Waals surface area contributed by atoms with Crippen molar-refractivity contribution < 1.29 is 9.47 Å². The van der Waals surface area contributed by atoms with E-state index < -0.39 is 0 Å². The summed E-state index contributed by atoms with van der Waals surface area (Å²) in [6.07, 6.45) is 2.54. The van der Waals surface area contributed by atoms with Crippen LogP contribution in [0.2, 0.25) is 0 Å². The second-order valence-electron chi connectivity index (χ2n) is 5.44. The summed E-state index contributed by atoms with van der Waals surface area (Å²) in [6.45, 7) is 7.88. The molecule has 0 spiro atoms. The van der Waals surface area contributed by atoms with E-state index in [1.165, 1.54) is 5.56 Å². The number of hydrogen-bond donors (Lipinski definition) is 2. The highest BCUT2D eigenvalue weighted by Gasteiger charge is 2.14. The monoisotopic (exact) mass is 433 g/mol. The average molecular weight is 433 g/mol. The Labute approximate surface area is 156 Å². The van der Waals surface area contributed by atoms with Gasteiger partial charge in [-0.3, -0.25) is 4.99 Å². The van der Waals surface area contributed by atoms with E-state index in [0.29, 0.717) is 19.7 Å². The molecule has 2 rings (SSSR count). The number of benzene rings is 1. The van der Waals surface area contributed by atoms with E-state index in [-0.39, 0.29) is 30.1 Å². The first kappa shape index (κ1) is 20.0. The zero-order chi connectivity index (χ0) is 15.6. The number of aliphatic imine (C=N–C) groups is 1. The van der Waals surface area contributed by atoms with E-state index in [1.54, 1.807) is 0 Å². The Kier molecular flexibility index (Phi) is 10.0. The normalized spacial score (nSPS) is 17.5. The van der Waals surface area contributed by atoms with Gasteiger partial charge in [0.15, 0.2) is 5.96 Å². The van der Waals surface area contributed by atoms with Crippen LogP contribution in [-0.4, -0.2) is 44.9 Å². The van der Waals surface area contributed by atoms with E-state index in [1.807, 2.05) is 12.1 Å². The lowest BCUT2D eigenvalue weighted by molar-refractivity contribution is 0.117. The Morgan fingerprint density at radius 1 is 1.30 bits per heavy atom. The Balaban J connectivity index is 0.00000264. The van der Waals surface area contributed by atoms with Gasteiger partial charge in [-0.2, -0.15) is 0 Å². The van der Waals surface area contributed by atoms with E-state index in [2.05, 4.69) is 41.6 Å². The zero-order valence-corrected chi connectivity index (χ0v) is 16.3. The van der Waals surface area contributed by atoms with E-state index in [4.69, 9.17) is 9.47 Å². The maximum absolute atomic E-state index is 5.70. The minimum absolute atomic E-state index is 0. The summed E-state index contributed by atoms with van der Waals surface area (Å²) in [5, 5.41) is 6.53. The van der Waals surface area contributed by atoms with Crippen molar-refractivity contribution in [3.05, 3.63) is 29.8 Å². The molecule has 0 aliphatic carbocycles. The van der Waals surface area contributed by atoms with Crippen molar-refractivity contribution in [2.24, 2.45) is 4.99 Å². The van der Waals surface area contributed by atoms with Crippen LogP contribution < -0.4 is 15.4 Å². The van der Waals surface area contributed by atoms with Crippen LogP contribution in [0.1, 0.15) is 25.3 Å². The highest BCUT2D eigenvalue weighted by molar-refractivity contribution is 14.0. The summed E-state index contributed by atoms with van der Waals surface area (Å²) in [4.78, 5) is 4.57. The molecule has 1 aromatic rings. The van der Waals surface area contributed by atoms with Gasteiger partial charge in [0.2, 0.25) is 0 Å². The van der Waals surface area contributed by atoms with Crippen molar-refractivity contribution in [2.45, 2.75) is 32.8 Å². The SMILES string of the molecule is CCNC(=NCC1CCCO1)NCCOc1ccc(C)cc1.I. The highest BCUT2D eigenvalue weighted by atomic mass is 127. The Bertz CT molecular complexity index is 459. The molecule has 5 nitrogen and oxygen atoms in total. The Morgan fingerprint density at radius 2 is 2.09 bits per heavy atom. The smallest absolute Gasteiger partial charge is 0.191 e. The minimum atomic E-state index is 0. The molecular formula is C17H28IN3O2. The van der Waals surface area contributed by atoms with Crippen LogP contribution in [-0.2, 0) is 4.74 Å². The topological polar surface area (TPSA) is 54.9 Å². The van der Waals surface area contributed by atoms with Crippen molar-refractivity contribution in [1.82, 2.24) is 10.6 Å². The van der Waals surface area contributed by atoms with Gasteiger partial charge in [-0.15, -0.1) is 24.0 Å². The van der Waals surface area contributed by atoms with Crippen molar-refractivity contribution in [3.63, 3.8) is 0 Å². The number of halogens is 1. The minimum Gasteiger partial charge on any atom is -0.492 e. The summed E-state index contributed by atoms with van der Waals surface area (Å²) in [6, 6.07) is 8.09. The molecular weight excluding hydrogens is 405 g/mol. The molecule has 6 heteroatoms. The molecule has 0 amide bonds. The summed E-state index contributed by atoms with van der Waals surface area (Å²) in [5.74, 6) is 1.72. The first-order chi connectivity index (χ1) is 10.8. The molecule has 1 atom stereocenters. The molecule has 1 fully saturated rings. The molecule has 1 aliphatic rings. The molecule has 0 saturated carbocycles. The van der Waals surface area contributed by atoms with Crippen LogP contribution in [0.4, 0.5) is 0 Å². The van der Waals surface area contributed by atoms with Crippen LogP contribution in [0.15, 0.2) is 29.3 Å². The molecule has 1 aromatic carbocycles. The predicted molar refractivity (Wildman–Crippen MR) is 105 cm³/mol. The molecule has 2 N–H and O–H groups in total. The fourth-order valence-corrected chi connectivity index (χ4v) is 2.30. The van der Waals surface area contributed by atoms with Crippen LogP contribution >= 0.6 is 24.0 Å². The van der Waals surface area contributed by atoms with Gasteiger partial charge in [-0.05, 0) is 38.8 Å². The molecule has 1 aliphatic heterocycles. The third kappa shape index (κ3) is 7.87. The quantitative estimate of drug-likeness (QED) is 0.301. The summed E-state index contributed by atoms with van der Waals surface area (Å²) >= 11 is 0. The largest absolute Gasteiger partial charge is 0.492 e. The maximum Gasteiger partial charge on any atom is 0.191 e. The fourth-order valence-electron chi connectivity index (χ4n) is 2.30. The van der Waals surface area contributed by atoms with Crippen LogP contribution in [0.3, 0.4) is 0 Å². The molecule has 23 heavy (non-hydrogen) atoms. The number of aryl methyl sites for hydroxylation is 1. The van der Waals surface area contributed by atoms with Crippen LogP contribution in [0, 0.1) is 6.92 Å². The van der Waals surface area contributed by atoms with Gasteiger partial charge in [0.05, 0.1) is 19.2 Å². The third-order valence-corrected chi connectivity index (χ3v) is 3.51. The van der Waals surface area contributed by atoms with Gasteiger partial charge in [0.25, 0.3) is 0 Å². The average Bonchev–Trinajstić information content (AvgIpc) is 3.04. The first-order valence-electron chi connectivity index (χ1n) is 8.11. The number of ether oxygens (including phenoxy) is 2. The molecule has 1 heterocycles. The molecule has 1 unspecified atom stereocenters. The molecule has 0 radical (unpaired) electrons. The van der Waals surface area contributed by atoms with Crippen LogP contribution in [0.25, 0.3) is 0 Å². The van der Waals surface area contributed by atoms with Crippen molar-refractivity contribution in [1.29, 1.82) is 0 Å². The number of nitrogens with one attached hydrogen (secondary N) is 2. The molecule has 0 bridgehead atoms. The van der Waals surface area contributed by atoms with Gasteiger partial charge in [0.1, 0.15) is 12.4 Å². The van der Waals surface area contributed by atoms with Gasteiger partial charge < -0.3 is 20.1 Å². The lowest BCUT2D eigenvalue weighted by Gasteiger charge is -2.13. The van der Waals surface area contributed by atoms with Crippen molar-refractivity contribution in [2.75, 3.05) is 32.8 Å². The molecule has 1 saturated heterocycles. The van der Waals surface area contributed by atoms with Crippen LogP contribution in [0.5, 0.6) is 5.75 Å². The summed E-state index contributed by atoms with van der Waals surface area (Å²) in [7, 11) is 0. The Morgan fingerprint density at radius 3 is 2.74 bits per heavy atom. The number of rotatable bonds is 7. The van der Waals surface area contributed by atoms with Crippen molar-refractivity contribution >= 4 is 29.9 Å². The van der Waals surface area contributed by atoms with E-state index in [9.17, 15) is 0 Å². The van der Waals surface area contributed by atoms with E-state index >= 15 is 0 Å². The Hall–Kier alpha value is -1.02. The van der Waals surface area contributed by atoms with Crippen molar-refractivity contribution in [3.8, 4) is 5.75 Å². The van der Waals surface area contributed by atoms with E-state index in [0.717, 1.165) is 37.7 Å². The highest BCUT2D eigenvalue weighted by Crippen LogP contribution is 2.12. The molecule has 130 valence electrons. The summed E-state index contributed by atoms with van der Waals surface area (Å²) < 4.78 is 11.3. The first-order valence-corrected chi connectivity index (χ1v) is 8.11. The lowest BCUT2D eigenvalue weighted by atomic mass is 10.2. The predicted octanol–water partition coefficient (Wildman–Crippen LogP) is 2.73. The van der Waals surface area contributed by atoms with Gasteiger partial charge in [-0.25, -0.2) is 0 Å².